The number of carboxylic acids is 1. The quantitative estimate of drug-likeness (QED) is 0.484. The molecule has 2 aromatic heterocycles. The Morgan fingerprint density at radius 1 is 1.11 bits per heavy atom. The monoisotopic (exact) mass is 518 g/mol. The highest BCUT2D eigenvalue weighted by Gasteiger charge is 2.37. The highest BCUT2D eigenvalue weighted by Crippen LogP contribution is 2.34. The van der Waals surface area contributed by atoms with E-state index < -0.39 is 27.2 Å². The molecule has 0 aliphatic carbocycles. The van der Waals surface area contributed by atoms with E-state index >= 15 is 0 Å². The van der Waals surface area contributed by atoms with Gasteiger partial charge in [0.1, 0.15) is 17.5 Å². The molecule has 2 N–H and O–H groups in total. The van der Waals surface area contributed by atoms with Gasteiger partial charge in [0.05, 0.1) is 16.1 Å². The molecule has 1 saturated heterocycles. The molecule has 184 valence electrons. The summed E-state index contributed by atoms with van der Waals surface area (Å²) >= 11 is 6.27. The summed E-state index contributed by atoms with van der Waals surface area (Å²) in [6, 6.07) is 12.0. The van der Waals surface area contributed by atoms with Crippen molar-refractivity contribution in [1.82, 2.24) is 9.97 Å². The fourth-order valence-corrected chi connectivity index (χ4v) is 5.09. The Balaban J connectivity index is 1.58. The molecule has 3 heterocycles. The van der Waals surface area contributed by atoms with Gasteiger partial charge < -0.3 is 10.0 Å². The summed E-state index contributed by atoms with van der Waals surface area (Å²) in [6.45, 7) is 4.20. The van der Waals surface area contributed by atoms with Crippen molar-refractivity contribution < 1.29 is 22.7 Å². The van der Waals surface area contributed by atoms with Gasteiger partial charge >= 0.3 is 5.97 Å². The Morgan fingerprint density at radius 2 is 1.80 bits per heavy atom. The van der Waals surface area contributed by atoms with Crippen LogP contribution in [0.4, 0.5) is 16.0 Å². The number of nitrogens with one attached hydrogen (secondary N) is 1. The highest BCUT2D eigenvalue weighted by atomic mass is 35.5. The van der Waals surface area contributed by atoms with Crippen LogP contribution in [0.25, 0.3) is 11.3 Å². The van der Waals surface area contributed by atoms with Crippen LogP contribution in [0.5, 0.6) is 0 Å². The number of aliphatic carboxylic acids is 1. The van der Waals surface area contributed by atoms with E-state index in [1.807, 2.05) is 4.90 Å². The molecule has 1 aliphatic heterocycles. The van der Waals surface area contributed by atoms with Gasteiger partial charge in [0.25, 0.3) is 10.0 Å². The van der Waals surface area contributed by atoms with Crippen molar-refractivity contribution in [3.05, 3.63) is 64.9 Å². The summed E-state index contributed by atoms with van der Waals surface area (Å²) in [4.78, 5) is 22.0. The topological polar surface area (TPSA) is 112 Å². The third-order valence-electron chi connectivity index (χ3n) is 6.30. The smallest absolute Gasteiger partial charge is 0.309 e. The van der Waals surface area contributed by atoms with Gasteiger partial charge in [-0.3, -0.25) is 9.52 Å². The number of benzene rings is 1. The molecule has 1 aliphatic rings. The Labute approximate surface area is 207 Å². The summed E-state index contributed by atoms with van der Waals surface area (Å²) in [6.07, 6.45) is 0.854. The molecule has 1 aromatic carbocycles. The highest BCUT2D eigenvalue weighted by molar-refractivity contribution is 7.92. The number of pyridine rings is 2. The first-order chi connectivity index (χ1) is 16.5. The van der Waals surface area contributed by atoms with Crippen molar-refractivity contribution in [3.63, 3.8) is 0 Å². The van der Waals surface area contributed by atoms with Crippen molar-refractivity contribution >= 4 is 39.2 Å². The van der Waals surface area contributed by atoms with Gasteiger partial charge in [0.2, 0.25) is 0 Å². The molecule has 1 fully saturated rings. The van der Waals surface area contributed by atoms with Crippen molar-refractivity contribution in [2.75, 3.05) is 22.7 Å². The van der Waals surface area contributed by atoms with Gasteiger partial charge in [-0.1, -0.05) is 29.8 Å². The maximum absolute atomic E-state index is 14.0. The maximum Gasteiger partial charge on any atom is 0.309 e. The van der Waals surface area contributed by atoms with Gasteiger partial charge in [-0.2, -0.15) is 8.42 Å². The van der Waals surface area contributed by atoms with Gasteiger partial charge in [0, 0.05) is 18.7 Å². The molecule has 8 nitrogen and oxygen atoms in total. The molecule has 0 spiro atoms. The Bertz CT molecular complexity index is 1390. The van der Waals surface area contributed by atoms with Crippen LogP contribution in [0.15, 0.2) is 53.6 Å². The molecule has 3 aromatic rings. The van der Waals surface area contributed by atoms with Gasteiger partial charge in [-0.15, -0.1) is 0 Å². The Morgan fingerprint density at radius 3 is 2.49 bits per heavy atom. The molecule has 11 heteroatoms. The van der Waals surface area contributed by atoms with Crippen LogP contribution < -0.4 is 9.62 Å². The standard InChI is InChI=1S/C24H24ClFN4O4S/c1-15-16(5-3-6-18(15)26)22-17(25)9-10-19(27-22)29-35(33,34)21-8-4-7-20(28-21)30-13-11-24(2,12-14-30)23(31)32/h3-10H,11-14H2,1-2H3,(H,27,29)(H,31,32). The second-order valence-electron chi connectivity index (χ2n) is 8.73. The fourth-order valence-electron chi connectivity index (χ4n) is 3.91. The van der Waals surface area contributed by atoms with Crippen LogP contribution in [0.3, 0.4) is 0 Å². The number of aromatic nitrogens is 2. The number of piperidine rings is 1. The zero-order valence-electron chi connectivity index (χ0n) is 19.1. The van der Waals surface area contributed by atoms with Crippen LogP contribution in [0.2, 0.25) is 5.02 Å². The minimum absolute atomic E-state index is 0.00969. The SMILES string of the molecule is Cc1c(F)cccc1-c1nc(NS(=O)(=O)c2cccc(N3CCC(C)(C(=O)O)CC3)n2)ccc1Cl. The maximum atomic E-state index is 14.0. The van der Waals surface area contributed by atoms with E-state index in [-0.39, 0.29) is 21.6 Å². The van der Waals surface area contributed by atoms with Crippen LogP contribution in [0.1, 0.15) is 25.3 Å². The van der Waals surface area contributed by atoms with E-state index in [2.05, 4.69) is 14.7 Å². The number of rotatable bonds is 6. The van der Waals surface area contributed by atoms with Gasteiger partial charge in [-0.25, -0.2) is 14.4 Å². The van der Waals surface area contributed by atoms with E-state index in [9.17, 15) is 22.7 Å². The molecule has 0 radical (unpaired) electrons. The molecule has 4 rings (SSSR count). The van der Waals surface area contributed by atoms with Crippen molar-refractivity contribution in [3.8, 4) is 11.3 Å². The number of hydrogen-bond donors (Lipinski definition) is 2. The van der Waals surface area contributed by atoms with Crippen LogP contribution in [-0.4, -0.2) is 42.6 Å². The Hall–Kier alpha value is -3.24. The fraction of sp³-hybridized carbons (Fsp3) is 0.292. The van der Waals surface area contributed by atoms with E-state index in [1.165, 1.54) is 30.3 Å². The molecular formula is C24H24ClFN4O4S. The van der Waals surface area contributed by atoms with Crippen molar-refractivity contribution in [2.45, 2.75) is 31.7 Å². The third kappa shape index (κ3) is 5.08. The van der Waals surface area contributed by atoms with Crippen LogP contribution in [-0.2, 0) is 14.8 Å². The zero-order valence-corrected chi connectivity index (χ0v) is 20.7. The van der Waals surface area contributed by atoms with E-state index in [0.29, 0.717) is 42.9 Å². The molecular weight excluding hydrogens is 495 g/mol. The number of hydrogen-bond acceptors (Lipinski definition) is 6. The summed E-state index contributed by atoms with van der Waals surface area (Å²) in [5.74, 6) is -0.807. The zero-order chi connectivity index (χ0) is 25.4. The van der Waals surface area contributed by atoms with E-state index in [4.69, 9.17) is 11.6 Å². The molecule has 0 amide bonds. The average Bonchev–Trinajstić information content (AvgIpc) is 2.82. The number of carbonyl (C=O) groups is 1. The predicted octanol–water partition coefficient (Wildman–Crippen LogP) is 4.74. The normalized spacial score (nSPS) is 15.6. The van der Waals surface area contributed by atoms with Gasteiger partial charge in [0.15, 0.2) is 5.03 Å². The first kappa shape index (κ1) is 24.9. The lowest BCUT2D eigenvalue weighted by Gasteiger charge is -2.37. The number of sulfonamides is 1. The predicted molar refractivity (Wildman–Crippen MR) is 132 cm³/mol. The lowest BCUT2D eigenvalue weighted by atomic mass is 9.80. The molecule has 0 bridgehead atoms. The number of nitrogens with zero attached hydrogens (tertiary/aromatic N) is 3. The summed E-state index contributed by atoms with van der Waals surface area (Å²) in [7, 11) is -4.10. The van der Waals surface area contributed by atoms with Crippen molar-refractivity contribution in [2.24, 2.45) is 5.41 Å². The van der Waals surface area contributed by atoms with E-state index in [0.717, 1.165) is 0 Å². The van der Waals surface area contributed by atoms with Crippen LogP contribution in [0, 0.1) is 18.2 Å². The number of carboxylic acid groups (broad SMARTS) is 1. The Kier molecular flexibility index (Phi) is 6.70. The lowest BCUT2D eigenvalue weighted by Crippen LogP contribution is -2.43. The minimum atomic E-state index is -4.10. The third-order valence-corrected chi connectivity index (χ3v) is 7.86. The number of halogens is 2. The first-order valence-corrected chi connectivity index (χ1v) is 12.8. The summed E-state index contributed by atoms with van der Waals surface area (Å²) < 4.78 is 42.6. The average molecular weight is 519 g/mol. The van der Waals surface area contributed by atoms with Gasteiger partial charge in [-0.05, 0) is 62.6 Å². The minimum Gasteiger partial charge on any atom is -0.481 e. The summed E-state index contributed by atoms with van der Waals surface area (Å²) in [5, 5.41) is 9.47. The largest absolute Gasteiger partial charge is 0.481 e. The first-order valence-electron chi connectivity index (χ1n) is 10.9. The molecule has 0 unspecified atom stereocenters. The van der Waals surface area contributed by atoms with Crippen LogP contribution >= 0.6 is 11.6 Å². The van der Waals surface area contributed by atoms with Crippen molar-refractivity contribution in [1.29, 1.82) is 0 Å². The lowest BCUT2D eigenvalue weighted by molar-refractivity contribution is -0.149. The summed E-state index contributed by atoms with van der Waals surface area (Å²) in [5.41, 5.74) is 0.242. The molecule has 35 heavy (non-hydrogen) atoms. The second kappa shape index (κ2) is 9.43. The molecule has 0 saturated carbocycles. The van der Waals surface area contributed by atoms with E-state index in [1.54, 1.807) is 32.0 Å². The molecule has 0 atom stereocenters. The second-order valence-corrected chi connectivity index (χ2v) is 10.8. The number of anilines is 2.